The quantitative estimate of drug-likeness (QED) is 0.697. The van der Waals surface area contributed by atoms with E-state index in [0.29, 0.717) is 0 Å². The Bertz CT molecular complexity index is 328. The van der Waals surface area contributed by atoms with Gasteiger partial charge in [-0.05, 0) is 37.7 Å². The third kappa shape index (κ3) is 5.01. The molecule has 0 aliphatic carbocycles. The Morgan fingerprint density at radius 3 is 2.88 bits per heavy atom. The van der Waals surface area contributed by atoms with Crippen molar-refractivity contribution in [3.05, 3.63) is 0 Å². The molecule has 1 heterocycles. The summed E-state index contributed by atoms with van der Waals surface area (Å²) in [6, 6.07) is 0. The maximum atomic E-state index is 5.37. The standard InChI is InChI=1S/C10H21N5OS/c1-10(2,16-4)5-8-17-9-12-13-14-15(9)7-6-11-3/h11H,5-8H2,1-4H3. The molecule has 0 aliphatic rings. The molecular weight excluding hydrogens is 238 g/mol. The van der Waals surface area contributed by atoms with Crippen molar-refractivity contribution in [1.82, 2.24) is 25.5 Å². The van der Waals surface area contributed by atoms with Crippen LogP contribution < -0.4 is 5.32 Å². The smallest absolute Gasteiger partial charge is 0.209 e. The van der Waals surface area contributed by atoms with Crippen LogP contribution in [0.3, 0.4) is 0 Å². The summed E-state index contributed by atoms with van der Waals surface area (Å²) in [7, 11) is 3.65. The highest BCUT2D eigenvalue weighted by Crippen LogP contribution is 2.20. The third-order valence-electron chi connectivity index (χ3n) is 2.56. The molecule has 1 aromatic rings. The second-order valence-corrected chi connectivity index (χ2v) is 5.41. The van der Waals surface area contributed by atoms with Crippen molar-refractivity contribution in [3.8, 4) is 0 Å². The Balaban J connectivity index is 2.38. The summed E-state index contributed by atoms with van der Waals surface area (Å²) in [5.74, 6) is 0.945. The van der Waals surface area contributed by atoms with Gasteiger partial charge >= 0.3 is 0 Å². The van der Waals surface area contributed by atoms with Gasteiger partial charge in [-0.25, -0.2) is 4.68 Å². The van der Waals surface area contributed by atoms with Crippen LogP contribution in [0.5, 0.6) is 0 Å². The van der Waals surface area contributed by atoms with Gasteiger partial charge < -0.3 is 10.1 Å². The molecule has 1 aromatic heterocycles. The SMILES string of the molecule is CNCCn1nnnc1SCCC(C)(C)OC. The van der Waals surface area contributed by atoms with E-state index in [4.69, 9.17) is 4.74 Å². The minimum absolute atomic E-state index is 0.0870. The lowest BCUT2D eigenvalue weighted by Crippen LogP contribution is -2.23. The van der Waals surface area contributed by atoms with Crippen LogP contribution in [0.2, 0.25) is 0 Å². The molecule has 0 radical (unpaired) electrons. The van der Waals surface area contributed by atoms with Crippen LogP contribution in [0.4, 0.5) is 0 Å². The number of nitrogens with zero attached hydrogens (tertiary/aromatic N) is 4. The van der Waals surface area contributed by atoms with Gasteiger partial charge in [0, 0.05) is 19.4 Å². The molecule has 0 aromatic carbocycles. The van der Waals surface area contributed by atoms with Crippen molar-refractivity contribution in [3.63, 3.8) is 0 Å². The van der Waals surface area contributed by atoms with E-state index in [9.17, 15) is 0 Å². The van der Waals surface area contributed by atoms with Gasteiger partial charge in [0.05, 0.1) is 12.1 Å². The molecule has 0 saturated carbocycles. The van der Waals surface area contributed by atoms with Crippen LogP contribution >= 0.6 is 11.8 Å². The molecule has 7 heteroatoms. The molecule has 0 bridgehead atoms. The van der Waals surface area contributed by atoms with Crippen molar-refractivity contribution in [2.45, 2.75) is 37.6 Å². The van der Waals surface area contributed by atoms with Crippen LogP contribution in [0.15, 0.2) is 5.16 Å². The number of hydrogen-bond acceptors (Lipinski definition) is 6. The number of aromatic nitrogens is 4. The summed E-state index contributed by atoms with van der Waals surface area (Å²) >= 11 is 1.67. The van der Waals surface area contributed by atoms with Crippen molar-refractivity contribution >= 4 is 11.8 Å². The fraction of sp³-hybridized carbons (Fsp3) is 0.900. The van der Waals surface area contributed by atoms with Gasteiger partial charge in [0.1, 0.15) is 0 Å². The molecule has 0 fully saturated rings. The Hall–Kier alpha value is -0.660. The largest absolute Gasteiger partial charge is 0.379 e. The summed E-state index contributed by atoms with van der Waals surface area (Å²) in [4.78, 5) is 0. The normalized spacial score (nSPS) is 12.0. The maximum absolute atomic E-state index is 5.37. The molecule has 1 rings (SSSR count). The van der Waals surface area contributed by atoms with Gasteiger partial charge in [0.25, 0.3) is 0 Å². The average molecular weight is 259 g/mol. The first-order valence-electron chi connectivity index (χ1n) is 5.68. The number of ether oxygens (including phenoxy) is 1. The summed E-state index contributed by atoms with van der Waals surface area (Å²) < 4.78 is 7.19. The maximum Gasteiger partial charge on any atom is 0.209 e. The zero-order chi connectivity index (χ0) is 12.7. The molecule has 1 N–H and O–H groups in total. The molecule has 0 amide bonds. The number of nitrogens with one attached hydrogen (secondary N) is 1. The molecule has 0 unspecified atom stereocenters. The van der Waals surface area contributed by atoms with Crippen molar-refractivity contribution < 1.29 is 4.74 Å². The fourth-order valence-corrected chi connectivity index (χ4v) is 2.30. The van der Waals surface area contributed by atoms with Gasteiger partial charge in [0.15, 0.2) is 0 Å². The van der Waals surface area contributed by atoms with Gasteiger partial charge in [0.2, 0.25) is 5.16 Å². The molecule has 0 spiro atoms. The minimum Gasteiger partial charge on any atom is -0.379 e. The van der Waals surface area contributed by atoms with E-state index < -0.39 is 0 Å². The summed E-state index contributed by atoms with van der Waals surface area (Å²) in [6.07, 6.45) is 0.965. The van der Waals surface area contributed by atoms with Crippen molar-refractivity contribution in [1.29, 1.82) is 0 Å². The van der Waals surface area contributed by atoms with Crippen LogP contribution in [0.1, 0.15) is 20.3 Å². The predicted molar refractivity (Wildman–Crippen MR) is 68.2 cm³/mol. The lowest BCUT2D eigenvalue weighted by atomic mass is 10.1. The summed E-state index contributed by atoms with van der Waals surface area (Å²) in [6.45, 7) is 5.82. The van der Waals surface area contributed by atoms with Gasteiger partial charge in [-0.15, -0.1) is 5.10 Å². The lowest BCUT2D eigenvalue weighted by Gasteiger charge is -2.22. The van der Waals surface area contributed by atoms with Gasteiger partial charge in [-0.2, -0.15) is 0 Å². The highest BCUT2D eigenvalue weighted by Gasteiger charge is 2.16. The fourth-order valence-electron chi connectivity index (χ4n) is 1.15. The molecule has 0 aliphatic heterocycles. The first-order valence-corrected chi connectivity index (χ1v) is 6.66. The van der Waals surface area contributed by atoms with E-state index in [2.05, 4.69) is 34.7 Å². The number of likely N-dealkylation sites (N-methyl/N-ethyl adjacent to an activating group) is 1. The van der Waals surface area contributed by atoms with E-state index in [1.54, 1.807) is 18.9 Å². The van der Waals surface area contributed by atoms with E-state index in [1.807, 2.05) is 11.7 Å². The highest BCUT2D eigenvalue weighted by molar-refractivity contribution is 7.99. The van der Waals surface area contributed by atoms with Gasteiger partial charge in [-0.1, -0.05) is 11.8 Å². The number of methoxy groups -OCH3 is 1. The van der Waals surface area contributed by atoms with Gasteiger partial charge in [-0.3, -0.25) is 0 Å². The first kappa shape index (κ1) is 14.4. The van der Waals surface area contributed by atoms with Crippen LogP contribution in [-0.4, -0.2) is 52.3 Å². The van der Waals surface area contributed by atoms with Crippen LogP contribution in [0.25, 0.3) is 0 Å². The van der Waals surface area contributed by atoms with Crippen molar-refractivity contribution in [2.24, 2.45) is 0 Å². The molecular formula is C10H21N5OS. The number of rotatable bonds is 8. The van der Waals surface area contributed by atoms with E-state index in [0.717, 1.165) is 30.4 Å². The molecule has 98 valence electrons. The van der Waals surface area contributed by atoms with E-state index >= 15 is 0 Å². The number of thioether (sulfide) groups is 1. The summed E-state index contributed by atoms with van der Waals surface area (Å²) in [5, 5.41) is 15.6. The Morgan fingerprint density at radius 1 is 1.47 bits per heavy atom. The average Bonchev–Trinajstić information content (AvgIpc) is 2.74. The number of tetrazole rings is 1. The van der Waals surface area contributed by atoms with E-state index in [-0.39, 0.29) is 5.60 Å². The second kappa shape index (κ2) is 6.93. The zero-order valence-corrected chi connectivity index (χ0v) is 11.8. The topological polar surface area (TPSA) is 64.9 Å². The Labute approximate surface area is 106 Å². The number of hydrogen-bond donors (Lipinski definition) is 1. The molecule has 6 nitrogen and oxygen atoms in total. The lowest BCUT2D eigenvalue weighted by molar-refractivity contribution is 0.0206. The Kier molecular flexibility index (Phi) is 5.87. The minimum atomic E-state index is -0.0870. The monoisotopic (exact) mass is 259 g/mol. The van der Waals surface area contributed by atoms with Crippen LogP contribution in [0, 0.1) is 0 Å². The van der Waals surface area contributed by atoms with E-state index in [1.165, 1.54) is 0 Å². The third-order valence-corrected chi connectivity index (χ3v) is 3.52. The predicted octanol–water partition coefficient (Wildman–Crippen LogP) is 0.800. The molecule has 0 saturated heterocycles. The second-order valence-electron chi connectivity index (χ2n) is 4.35. The van der Waals surface area contributed by atoms with Crippen molar-refractivity contribution in [2.75, 3.05) is 26.5 Å². The zero-order valence-electron chi connectivity index (χ0n) is 10.9. The van der Waals surface area contributed by atoms with Crippen LogP contribution in [-0.2, 0) is 11.3 Å². The molecule has 17 heavy (non-hydrogen) atoms. The molecule has 0 atom stereocenters. The summed E-state index contributed by atoms with van der Waals surface area (Å²) in [5.41, 5.74) is -0.0870. The first-order chi connectivity index (χ1) is 8.09. The Morgan fingerprint density at radius 2 is 2.24 bits per heavy atom. The highest BCUT2D eigenvalue weighted by atomic mass is 32.2.